The van der Waals surface area contributed by atoms with Crippen LogP contribution in [0.2, 0.25) is 0 Å². The van der Waals surface area contributed by atoms with Crippen molar-refractivity contribution in [2.75, 3.05) is 18.1 Å². The van der Waals surface area contributed by atoms with Crippen LogP contribution in [0.25, 0.3) is 0 Å². The number of para-hydroxylation sites is 1. The second-order valence-electron chi connectivity index (χ2n) is 4.24. The lowest BCUT2D eigenvalue weighted by atomic mass is 10.2. The molecule has 1 heterocycles. The molecule has 5 heteroatoms. The minimum Gasteiger partial charge on any atom is -0.490 e. The first kappa shape index (κ1) is 11.5. The maximum atomic E-state index is 10.9. The molecule has 0 radical (unpaired) electrons. The summed E-state index contributed by atoms with van der Waals surface area (Å²) < 4.78 is 5.55. The van der Waals surface area contributed by atoms with Gasteiger partial charge in [-0.2, -0.15) is 0 Å². The molecule has 1 aliphatic heterocycles. The fourth-order valence-electron chi connectivity index (χ4n) is 2.20. The summed E-state index contributed by atoms with van der Waals surface area (Å²) in [5.41, 5.74) is 1.82. The molecule has 2 aromatic rings. The molecule has 96 valence electrons. The van der Waals surface area contributed by atoms with Crippen molar-refractivity contribution < 1.29 is 9.66 Å². The Hall–Kier alpha value is -2.56. The average molecular weight is 256 g/mol. The Labute approximate surface area is 110 Å². The quantitative estimate of drug-likeness (QED) is 0.612. The Bertz CT molecular complexity index is 613. The van der Waals surface area contributed by atoms with Gasteiger partial charge >= 0.3 is 0 Å². The molecule has 2 aromatic carbocycles. The molecule has 5 nitrogen and oxygen atoms in total. The van der Waals surface area contributed by atoms with E-state index in [0.29, 0.717) is 18.9 Å². The van der Waals surface area contributed by atoms with E-state index in [2.05, 4.69) is 0 Å². The van der Waals surface area contributed by atoms with E-state index in [4.69, 9.17) is 4.74 Å². The zero-order valence-corrected chi connectivity index (χ0v) is 10.2. The summed E-state index contributed by atoms with van der Waals surface area (Å²) in [5.74, 6) is 0.681. The summed E-state index contributed by atoms with van der Waals surface area (Å²) in [4.78, 5) is 12.5. The predicted molar refractivity (Wildman–Crippen MR) is 72.0 cm³/mol. The van der Waals surface area contributed by atoms with Crippen molar-refractivity contribution in [2.24, 2.45) is 0 Å². The Morgan fingerprint density at radius 3 is 2.68 bits per heavy atom. The molecule has 0 spiro atoms. The molecular weight excluding hydrogens is 244 g/mol. The van der Waals surface area contributed by atoms with Crippen LogP contribution in [0.1, 0.15) is 0 Å². The zero-order valence-electron chi connectivity index (χ0n) is 10.2. The summed E-state index contributed by atoms with van der Waals surface area (Å²) in [5, 5.41) is 10.9. The first-order chi connectivity index (χ1) is 9.25. The maximum absolute atomic E-state index is 10.9. The summed E-state index contributed by atoms with van der Waals surface area (Å²) in [6, 6.07) is 14.5. The van der Waals surface area contributed by atoms with Crippen molar-refractivity contribution in [3.63, 3.8) is 0 Å². The van der Waals surface area contributed by atoms with Gasteiger partial charge in [0.15, 0.2) is 0 Å². The van der Waals surface area contributed by atoms with E-state index in [1.165, 1.54) is 6.07 Å². The van der Waals surface area contributed by atoms with Gasteiger partial charge in [-0.3, -0.25) is 10.1 Å². The minimum absolute atomic E-state index is 0.0742. The molecule has 0 aromatic heterocycles. The highest BCUT2D eigenvalue weighted by Crippen LogP contribution is 2.38. The summed E-state index contributed by atoms with van der Waals surface area (Å²) in [6.07, 6.45) is 0. The van der Waals surface area contributed by atoms with E-state index in [9.17, 15) is 10.1 Å². The normalized spacial score (nSPS) is 13.6. The molecule has 1 aliphatic rings. The van der Waals surface area contributed by atoms with Gasteiger partial charge in [-0.05, 0) is 18.2 Å². The molecule has 0 atom stereocenters. The van der Waals surface area contributed by atoms with Crippen LogP contribution in [-0.2, 0) is 0 Å². The van der Waals surface area contributed by atoms with Crippen LogP contribution in [0.3, 0.4) is 0 Å². The molecule has 19 heavy (non-hydrogen) atoms. The standard InChI is InChI=1S/C14H12N2O3/c17-16(18)12-6-7-14-13(10-12)15(8-9-19-14)11-4-2-1-3-5-11/h1-7,10H,8-9H2. The fraction of sp³-hybridized carbons (Fsp3) is 0.143. The number of hydrogen-bond acceptors (Lipinski definition) is 4. The van der Waals surface area contributed by atoms with E-state index >= 15 is 0 Å². The lowest BCUT2D eigenvalue weighted by molar-refractivity contribution is -0.384. The molecule has 0 fully saturated rings. The van der Waals surface area contributed by atoms with Gasteiger partial charge in [0, 0.05) is 17.8 Å². The van der Waals surface area contributed by atoms with Crippen molar-refractivity contribution in [3.05, 3.63) is 58.6 Å². The fourth-order valence-corrected chi connectivity index (χ4v) is 2.20. The van der Waals surface area contributed by atoms with Crippen molar-refractivity contribution in [1.82, 2.24) is 0 Å². The van der Waals surface area contributed by atoms with Gasteiger partial charge in [-0.1, -0.05) is 18.2 Å². The number of anilines is 2. The Morgan fingerprint density at radius 1 is 1.16 bits per heavy atom. The number of nitro groups is 1. The van der Waals surface area contributed by atoms with Gasteiger partial charge in [-0.15, -0.1) is 0 Å². The van der Waals surface area contributed by atoms with Crippen LogP contribution < -0.4 is 9.64 Å². The SMILES string of the molecule is O=[N+]([O-])c1ccc2c(c1)N(c1ccccc1)CCO2. The summed E-state index contributed by atoms with van der Waals surface area (Å²) >= 11 is 0. The number of ether oxygens (including phenoxy) is 1. The number of nitrogens with zero attached hydrogens (tertiary/aromatic N) is 2. The average Bonchev–Trinajstić information content (AvgIpc) is 2.47. The van der Waals surface area contributed by atoms with E-state index < -0.39 is 4.92 Å². The lowest BCUT2D eigenvalue weighted by Gasteiger charge is -2.31. The van der Waals surface area contributed by atoms with Crippen molar-refractivity contribution >= 4 is 17.1 Å². The number of rotatable bonds is 2. The van der Waals surface area contributed by atoms with Gasteiger partial charge < -0.3 is 9.64 Å². The van der Waals surface area contributed by atoms with Crippen LogP contribution in [0, 0.1) is 10.1 Å². The molecule has 0 aliphatic carbocycles. The molecule has 0 amide bonds. The van der Waals surface area contributed by atoms with Crippen molar-refractivity contribution in [2.45, 2.75) is 0 Å². The molecule has 3 rings (SSSR count). The monoisotopic (exact) mass is 256 g/mol. The summed E-state index contributed by atoms with van der Waals surface area (Å²) in [7, 11) is 0. The predicted octanol–water partition coefficient (Wildman–Crippen LogP) is 3.13. The number of nitro benzene ring substituents is 1. The van der Waals surface area contributed by atoms with Crippen molar-refractivity contribution in [1.29, 1.82) is 0 Å². The number of hydrogen-bond donors (Lipinski definition) is 0. The topological polar surface area (TPSA) is 55.6 Å². The maximum Gasteiger partial charge on any atom is 0.271 e. The smallest absolute Gasteiger partial charge is 0.271 e. The first-order valence-electron chi connectivity index (χ1n) is 5.99. The third-order valence-corrected chi connectivity index (χ3v) is 3.08. The second-order valence-corrected chi connectivity index (χ2v) is 4.24. The van der Waals surface area contributed by atoms with E-state index in [1.54, 1.807) is 12.1 Å². The van der Waals surface area contributed by atoms with Crippen LogP contribution >= 0.6 is 0 Å². The van der Waals surface area contributed by atoms with Gasteiger partial charge in [0.25, 0.3) is 5.69 Å². The van der Waals surface area contributed by atoms with E-state index in [-0.39, 0.29) is 5.69 Å². The summed E-state index contributed by atoms with van der Waals surface area (Å²) in [6.45, 7) is 1.25. The van der Waals surface area contributed by atoms with Gasteiger partial charge in [0.1, 0.15) is 12.4 Å². The first-order valence-corrected chi connectivity index (χ1v) is 5.99. The Balaban J connectivity index is 2.08. The van der Waals surface area contributed by atoms with Crippen LogP contribution in [-0.4, -0.2) is 18.1 Å². The van der Waals surface area contributed by atoms with Crippen LogP contribution in [0.4, 0.5) is 17.1 Å². The second kappa shape index (κ2) is 4.61. The zero-order chi connectivity index (χ0) is 13.2. The molecule has 0 saturated carbocycles. The molecule has 0 N–H and O–H groups in total. The molecular formula is C14H12N2O3. The lowest BCUT2D eigenvalue weighted by Crippen LogP contribution is -2.28. The molecule has 0 unspecified atom stereocenters. The number of benzene rings is 2. The highest BCUT2D eigenvalue weighted by Gasteiger charge is 2.22. The van der Waals surface area contributed by atoms with Crippen LogP contribution in [0.15, 0.2) is 48.5 Å². The third-order valence-electron chi connectivity index (χ3n) is 3.08. The highest BCUT2D eigenvalue weighted by molar-refractivity contribution is 5.72. The molecule has 0 bridgehead atoms. The number of fused-ring (bicyclic) bond motifs is 1. The van der Waals surface area contributed by atoms with Crippen LogP contribution in [0.5, 0.6) is 5.75 Å². The van der Waals surface area contributed by atoms with E-state index in [0.717, 1.165) is 11.4 Å². The number of non-ortho nitro benzene ring substituents is 1. The van der Waals surface area contributed by atoms with Crippen molar-refractivity contribution in [3.8, 4) is 5.75 Å². The Kier molecular flexibility index (Phi) is 2.79. The van der Waals surface area contributed by atoms with Gasteiger partial charge in [0.2, 0.25) is 0 Å². The van der Waals surface area contributed by atoms with Gasteiger partial charge in [0.05, 0.1) is 17.2 Å². The largest absolute Gasteiger partial charge is 0.490 e. The molecule has 0 saturated heterocycles. The minimum atomic E-state index is -0.391. The third kappa shape index (κ3) is 2.10. The highest BCUT2D eigenvalue weighted by atomic mass is 16.6. The van der Waals surface area contributed by atoms with E-state index in [1.807, 2.05) is 35.2 Å². The van der Waals surface area contributed by atoms with Gasteiger partial charge in [-0.25, -0.2) is 0 Å². The Morgan fingerprint density at radius 2 is 1.95 bits per heavy atom.